The average Bonchev–Trinajstić information content (AvgIpc) is 3.16. The topological polar surface area (TPSA) is 110 Å². The molecule has 6 nitrogen and oxygen atoms in total. The second-order valence-corrected chi connectivity index (χ2v) is 16.1. The number of aliphatic hydroxyl groups is 4. The van der Waals surface area contributed by atoms with Gasteiger partial charge in [0.05, 0.1) is 18.8 Å². The Bertz CT molecular complexity index is 802. The first-order valence-corrected chi connectivity index (χ1v) is 23.2. The first kappa shape index (κ1) is 51.8. The molecular formula is C47H91NO5. The molecule has 0 rings (SSSR count). The van der Waals surface area contributed by atoms with Crippen molar-refractivity contribution in [2.45, 2.75) is 263 Å². The summed E-state index contributed by atoms with van der Waals surface area (Å²) in [7, 11) is 0. The fourth-order valence-electron chi connectivity index (χ4n) is 7.15. The quantitative estimate of drug-likeness (QED) is 0.0315. The third-order valence-corrected chi connectivity index (χ3v) is 10.9. The van der Waals surface area contributed by atoms with Crippen molar-refractivity contribution in [2.75, 3.05) is 6.61 Å². The molecule has 0 bridgehead atoms. The van der Waals surface area contributed by atoms with Gasteiger partial charge in [0, 0.05) is 0 Å². The minimum Gasteiger partial charge on any atom is -0.394 e. The monoisotopic (exact) mass is 750 g/mol. The van der Waals surface area contributed by atoms with E-state index in [0.29, 0.717) is 12.8 Å². The lowest BCUT2D eigenvalue weighted by atomic mass is 10.00. The fourth-order valence-corrected chi connectivity index (χ4v) is 7.15. The molecule has 0 heterocycles. The Balaban J connectivity index is 3.64. The molecule has 0 aromatic heterocycles. The third-order valence-electron chi connectivity index (χ3n) is 10.9. The minimum absolute atomic E-state index is 0.348. The largest absolute Gasteiger partial charge is 0.394 e. The van der Waals surface area contributed by atoms with E-state index in [-0.39, 0.29) is 0 Å². The lowest BCUT2D eigenvalue weighted by Crippen LogP contribution is -2.53. The second-order valence-electron chi connectivity index (χ2n) is 16.1. The van der Waals surface area contributed by atoms with Crippen molar-refractivity contribution in [3.8, 4) is 0 Å². The molecule has 0 aliphatic rings. The van der Waals surface area contributed by atoms with Gasteiger partial charge in [0.25, 0.3) is 0 Å². The van der Waals surface area contributed by atoms with Gasteiger partial charge in [0.1, 0.15) is 12.2 Å². The number of carbonyl (C=O) groups is 1. The Morgan fingerprint density at radius 2 is 0.792 bits per heavy atom. The molecule has 6 heteroatoms. The Labute approximate surface area is 329 Å². The summed E-state index contributed by atoms with van der Waals surface area (Å²) in [4.78, 5) is 12.4. The van der Waals surface area contributed by atoms with Gasteiger partial charge < -0.3 is 25.7 Å². The van der Waals surface area contributed by atoms with E-state index in [1.807, 2.05) is 0 Å². The van der Waals surface area contributed by atoms with Crippen molar-refractivity contribution in [3.05, 3.63) is 24.3 Å². The van der Waals surface area contributed by atoms with Gasteiger partial charge >= 0.3 is 0 Å². The van der Waals surface area contributed by atoms with E-state index in [2.05, 4.69) is 43.5 Å². The normalized spacial score (nSPS) is 14.3. The molecule has 4 unspecified atom stereocenters. The highest BCUT2D eigenvalue weighted by atomic mass is 16.3. The minimum atomic E-state index is -1.28. The molecule has 1 amide bonds. The highest BCUT2D eigenvalue weighted by molar-refractivity contribution is 5.80. The lowest BCUT2D eigenvalue weighted by molar-refractivity contribution is -0.132. The van der Waals surface area contributed by atoms with Crippen LogP contribution in [-0.4, -0.2) is 57.3 Å². The number of nitrogens with one attached hydrogen (secondary N) is 1. The molecule has 0 spiro atoms. The summed E-state index contributed by atoms with van der Waals surface area (Å²) in [6.07, 6.45) is 48.2. The first-order valence-electron chi connectivity index (χ1n) is 23.2. The van der Waals surface area contributed by atoms with Crippen molar-refractivity contribution in [3.63, 3.8) is 0 Å². The van der Waals surface area contributed by atoms with Crippen LogP contribution in [0, 0.1) is 0 Å². The van der Waals surface area contributed by atoms with Gasteiger partial charge in [-0.15, -0.1) is 0 Å². The van der Waals surface area contributed by atoms with Crippen LogP contribution in [0.15, 0.2) is 24.3 Å². The number of rotatable bonds is 42. The Morgan fingerprint density at radius 1 is 0.453 bits per heavy atom. The molecule has 0 saturated carbocycles. The van der Waals surface area contributed by atoms with Crippen molar-refractivity contribution < 1.29 is 25.2 Å². The van der Waals surface area contributed by atoms with Crippen LogP contribution in [-0.2, 0) is 4.79 Å². The van der Waals surface area contributed by atoms with Crippen LogP contribution >= 0.6 is 0 Å². The Morgan fingerprint density at radius 3 is 1.19 bits per heavy atom. The number of aliphatic hydroxyl groups excluding tert-OH is 4. The van der Waals surface area contributed by atoms with Crippen molar-refractivity contribution >= 4 is 5.91 Å². The molecule has 0 aliphatic carbocycles. The van der Waals surface area contributed by atoms with Crippen molar-refractivity contribution in [1.82, 2.24) is 5.32 Å². The molecule has 0 aromatic rings. The summed E-state index contributed by atoms with van der Waals surface area (Å²) >= 11 is 0. The fraction of sp³-hybridized carbons (Fsp3) is 0.894. The maximum atomic E-state index is 12.4. The molecule has 5 N–H and O–H groups in total. The van der Waals surface area contributed by atoms with Crippen LogP contribution in [0.3, 0.4) is 0 Å². The van der Waals surface area contributed by atoms with Crippen LogP contribution in [0.25, 0.3) is 0 Å². The molecule has 0 radical (unpaired) electrons. The summed E-state index contributed by atoms with van der Waals surface area (Å²) in [5.74, 6) is -0.604. The first-order chi connectivity index (χ1) is 26.0. The van der Waals surface area contributed by atoms with Gasteiger partial charge in [-0.3, -0.25) is 4.79 Å². The van der Waals surface area contributed by atoms with Crippen molar-refractivity contribution in [2.24, 2.45) is 0 Å². The molecule has 4 atom stereocenters. The predicted molar refractivity (Wildman–Crippen MR) is 228 cm³/mol. The average molecular weight is 750 g/mol. The zero-order valence-electron chi connectivity index (χ0n) is 35.3. The molecule has 53 heavy (non-hydrogen) atoms. The second kappa shape index (κ2) is 41.9. The number of amides is 1. The third kappa shape index (κ3) is 36.2. The summed E-state index contributed by atoms with van der Waals surface area (Å²) in [6.45, 7) is 3.99. The van der Waals surface area contributed by atoms with Crippen LogP contribution in [0.1, 0.15) is 239 Å². The smallest absolute Gasteiger partial charge is 0.249 e. The Hall–Kier alpha value is -1.21. The summed E-state index contributed by atoms with van der Waals surface area (Å²) in [5, 5.41) is 43.5. The van der Waals surface area contributed by atoms with Crippen LogP contribution in [0.5, 0.6) is 0 Å². The van der Waals surface area contributed by atoms with Crippen LogP contribution < -0.4 is 5.32 Å². The summed E-state index contributed by atoms with van der Waals surface area (Å²) in [6, 6.07) is -1.00. The number of carbonyl (C=O) groups excluding carboxylic acids is 1. The van der Waals surface area contributed by atoms with Crippen LogP contribution in [0.4, 0.5) is 0 Å². The van der Waals surface area contributed by atoms with Gasteiger partial charge in [-0.2, -0.15) is 0 Å². The van der Waals surface area contributed by atoms with E-state index in [1.54, 1.807) is 0 Å². The Kier molecular flexibility index (Phi) is 41.0. The van der Waals surface area contributed by atoms with E-state index in [0.717, 1.165) is 57.8 Å². The molecule has 0 aliphatic heterocycles. The number of hydrogen-bond donors (Lipinski definition) is 5. The molecular weight excluding hydrogens is 659 g/mol. The summed E-state index contributed by atoms with van der Waals surface area (Å²) in [5.41, 5.74) is 0. The SMILES string of the molecule is CCCC/C=C\CCCCCCC(O)C(=O)NC(CO)C(O)C(O)CCC/C=C/CCCCCCCCCCCCCCCCCCCCCCCC. The van der Waals surface area contributed by atoms with Gasteiger partial charge in [0.2, 0.25) is 5.91 Å². The maximum Gasteiger partial charge on any atom is 0.249 e. The highest BCUT2D eigenvalue weighted by Crippen LogP contribution is 2.16. The lowest BCUT2D eigenvalue weighted by Gasteiger charge is -2.27. The maximum absolute atomic E-state index is 12.4. The zero-order valence-corrected chi connectivity index (χ0v) is 35.3. The van der Waals surface area contributed by atoms with Gasteiger partial charge in [-0.1, -0.05) is 205 Å². The predicted octanol–water partition coefficient (Wildman–Crippen LogP) is 12.4. The van der Waals surface area contributed by atoms with E-state index < -0.39 is 36.9 Å². The zero-order chi connectivity index (χ0) is 38.9. The molecule has 0 aromatic carbocycles. The van der Waals surface area contributed by atoms with Gasteiger partial charge in [-0.05, 0) is 57.8 Å². The van der Waals surface area contributed by atoms with Crippen molar-refractivity contribution in [1.29, 1.82) is 0 Å². The van der Waals surface area contributed by atoms with E-state index >= 15 is 0 Å². The van der Waals surface area contributed by atoms with Crippen LogP contribution in [0.2, 0.25) is 0 Å². The number of hydrogen-bond acceptors (Lipinski definition) is 5. The van der Waals surface area contributed by atoms with Gasteiger partial charge in [-0.25, -0.2) is 0 Å². The number of allylic oxidation sites excluding steroid dienone is 4. The number of unbranched alkanes of at least 4 members (excludes halogenated alkanes) is 29. The summed E-state index contributed by atoms with van der Waals surface area (Å²) < 4.78 is 0. The standard InChI is InChI=1S/C47H91NO5/c1-3-5-7-9-11-13-15-16-17-18-19-20-21-22-23-24-25-26-27-28-29-30-31-33-34-36-38-40-44(50)46(52)43(42-49)48-47(53)45(51)41-39-37-35-32-14-12-10-8-6-4-2/h10,12,33-34,43-46,49-52H,3-9,11,13-32,35-42H2,1-2H3,(H,48,53)/b12-10-,34-33+. The van der Waals surface area contributed by atoms with E-state index in [9.17, 15) is 25.2 Å². The van der Waals surface area contributed by atoms with Gasteiger partial charge in [0.15, 0.2) is 0 Å². The van der Waals surface area contributed by atoms with E-state index in [4.69, 9.17) is 0 Å². The molecule has 0 fully saturated rings. The molecule has 0 saturated heterocycles. The van der Waals surface area contributed by atoms with E-state index in [1.165, 1.54) is 154 Å². The molecule has 314 valence electrons. The highest BCUT2D eigenvalue weighted by Gasteiger charge is 2.28.